The number of benzene rings is 1. The van der Waals surface area contributed by atoms with E-state index in [1.807, 2.05) is 13.0 Å². The Kier molecular flexibility index (Phi) is 6.21. The van der Waals surface area contributed by atoms with Gasteiger partial charge in [-0.15, -0.1) is 0 Å². The minimum atomic E-state index is -3.18. The predicted octanol–water partition coefficient (Wildman–Crippen LogP) is 2.96. The zero-order valence-corrected chi connectivity index (χ0v) is 16.7. The normalized spacial score (nSPS) is 21.3. The Bertz CT molecular complexity index is 767. The molecule has 3 rings (SSSR count). The number of sulfonamides is 1. The lowest BCUT2D eigenvalue weighted by Gasteiger charge is -2.35. The van der Waals surface area contributed by atoms with Crippen molar-refractivity contribution < 1.29 is 17.6 Å². The lowest BCUT2D eigenvalue weighted by atomic mass is 9.77. The molecule has 0 atom stereocenters. The van der Waals surface area contributed by atoms with Crippen molar-refractivity contribution in [1.29, 1.82) is 0 Å². The summed E-state index contributed by atoms with van der Waals surface area (Å²) < 4.78 is 39.7. The lowest BCUT2D eigenvalue weighted by molar-refractivity contribution is -0.127. The Balaban J connectivity index is 1.66. The molecule has 5 nitrogen and oxygen atoms in total. The molecule has 1 aromatic carbocycles. The second-order valence-electron chi connectivity index (χ2n) is 7.76. The van der Waals surface area contributed by atoms with Gasteiger partial charge < -0.3 is 5.32 Å². The SMILES string of the molecule is CCCS(=O)(=O)N1CCC(NC(=O)C2(c3cccc(F)c3)CCCC2)CC1. The van der Waals surface area contributed by atoms with Gasteiger partial charge in [-0.05, 0) is 49.8 Å². The van der Waals surface area contributed by atoms with E-state index in [0.29, 0.717) is 32.4 Å². The molecule has 27 heavy (non-hydrogen) atoms. The molecule has 1 aromatic rings. The van der Waals surface area contributed by atoms with Gasteiger partial charge in [-0.25, -0.2) is 17.1 Å². The van der Waals surface area contributed by atoms with Gasteiger partial charge in [0, 0.05) is 19.1 Å². The fourth-order valence-electron chi connectivity index (χ4n) is 4.40. The van der Waals surface area contributed by atoms with E-state index in [1.165, 1.54) is 16.4 Å². The molecule has 1 heterocycles. The first-order valence-electron chi connectivity index (χ1n) is 9.92. The molecule has 2 fully saturated rings. The van der Waals surface area contributed by atoms with E-state index in [0.717, 1.165) is 31.2 Å². The molecule has 150 valence electrons. The Hall–Kier alpha value is -1.47. The third kappa shape index (κ3) is 4.35. The van der Waals surface area contributed by atoms with Crippen LogP contribution in [0.4, 0.5) is 4.39 Å². The zero-order chi connectivity index (χ0) is 19.5. The molecule has 1 amide bonds. The largest absolute Gasteiger partial charge is 0.352 e. The van der Waals surface area contributed by atoms with Crippen molar-refractivity contribution in [3.05, 3.63) is 35.6 Å². The van der Waals surface area contributed by atoms with Crippen molar-refractivity contribution >= 4 is 15.9 Å². The third-order valence-corrected chi connectivity index (χ3v) is 7.99. The van der Waals surface area contributed by atoms with Gasteiger partial charge in [-0.3, -0.25) is 4.79 Å². The van der Waals surface area contributed by atoms with Crippen LogP contribution in [0.15, 0.2) is 24.3 Å². The van der Waals surface area contributed by atoms with Gasteiger partial charge in [0.05, 0.1) is 11.2 Å². The fraction of sp³-hybridized carbons (Fsp3) is 0.650. The van der Waals surface area contributed by atoms with Crippen LogP contribution in [0.5, 0.6) is 0 Å². The van der Waals surface area contributed by atoms with Gasteiger partial charge in [-0.1, -0.05) is 31.9 Å². The molecule has 2 aliphatic rings. The van der Waals surface area contributed by atoms with Gasteiger partial charge in [0.1, 0.15) is 5.82 Å². The maximum absolute atomic E-state index is 13.7. The van der Waals surface area contributed by atoms with E-state index in [1.54, 1.807) is 6.07 Å². The highest BCUT2D eigenvalue weighted by atomic mass is 32.2. The minimum absolute atomic E-state index is 0.0309. The summed E-state index contributed by atoms with van der Waals surface area (Å²) in [6.07, 6.45) is 5.21. The van der Waals surface area contributed by atoms with Crippen molar-refractivity contribution in [2.24, 2.45) is 0 Å². The molecule has 0 unspecified atom stereocenters. The number of nitrogens with one attached hydrogen (secondary N) is 1. The van der Waals surface area contributed by atoms with Crippen LogP contribution in [0.1, 0.15) is 57.4 Å². The van der Waals surface area contributed by atoms with Gasteiger partial charge in [-0.2, -0.15) is 0 Å². The summed E-state index contributed by atoms with van der Waals surface area (Å²) in [6, 6.07) is 6.35. The monoisotopic (exact) mass is 396 g/mol. The van der Waals surface area contributed by atoms with Crippen molar-refractivity contribution in [3.63, 3.8) is 0 Å². The van der Waals surface area contributed by atoms with Crippen LogP contribution in [0.25, 0.3) is 0 Å². The summed E-state index contributed by atoms with van der Waals surface area (Å²) in [6.45, 7) is 2.75. The van der Waals surface area contributed by atoms with Gasteiger partial charge >= 0.3 is 0 Å². The lowest BCUT2D eigenvalue weighted by Crippen LogP contribution is -2.51. The van der Waals surface area contributed by atoms with Crippen LogP contribution in [0.3, 0.4) is 0 Å². The van der Waals surface area contributed by atoms with Crippen LogP contribution in [-0.2, 0) is 20.2 Å². The van der Waals surface area contributed by atoms with E-state index in [-0.39, 0.29) is 23.5 Å². The number of rotatable bonds is 6. The molecule has 0 spiro atoms. The first-order valence-corrected chi connectivity index (χ1v) is 11.5. The Labute approximate surface area is 161 Å². The minimum Gasteiger partial charge on any atom is -0.352 e. The maximum atomic E-state index is 13.7. The summed E-state index contributed by atoms with van der Waals surface area (Å²) in [4.78, 5) is 13.2. The second kappa shape index (κ2) is 8.27. The van der Waals surface area contributed by atoms with E-state index in [9.17, 15) is 17.6 Å². The molecular formula is C20H29FN2O3S. The summed E-state index contributed by atoms with van der Waals surface area (Å²) >= 11 is 0. The molecular weight excluding hydrogens is 367 g/mol. The summed E-state index contributed by atoms with van der Waals surface area (Å²) in [5.41, 5.74) is 0.0912. The second-order valence-corrected chi connectivity index (χ2v) is 9.85. The molecule has 1 N–H and O–H groups in total. The van der Waals surface area contributed by atoms with Gasteiger partial charge in [0.25, 0.3) is 0 Å². The molecule has 1 saturated carbocycles. The Morgan fingerprint density at radius 3 is 2.52 bits per heavy atom. The van der Waals surface area contributed by atoms with Crippen molar-refractivity contribution in [1.82, 2.24) is 9.62 Å². The van der Waals surface area contributed by atoms with Crippen LogP contribution >= 0.6 is 0 Å². The number of amides is 1. The van der Waals surface area contributed by atoms with E-state index >= 15 is 0 Å². The number of hydrogen-bond donors (Lipinski definition) is 1. The molecule has 1 saturated heterocycles. The summed E-state index contributed by atoms with van der Waals surface area (Å²) in [7, 11) is -3.18. The van der Waals surface area contributed by atoms with Crippen molar-refractivity contribution in [2.45, 2.75) is 63.3 Å². The first kappa shape index (κ1) is 20.3. The average molecular weight is 397 g/mol. The van der Waals surface area contributed by atoms with E-state index in [4.69, 9.17) is 0 Å². The number of piperidine rings is 1. The molecule has 1 aliphatic heterocycles. The molecule has 0 bridgehead atoms. The number of carbonyl (C=O) groups excluding carboxylic acids is 1. The molecule has 0 aromatic heterocycles. The number of nitrogens with zero attached hydrogens (tertiary/aromatic N) is 1. The summed E-state index contributed by atoms with van der Waals surface area (Å²) in [5.74, 6) is -0.186. The van der Waals surface area contributed by atoms with Crippen LogP contribution in [-0.4, -0.2) is 43.5 Å². The van der Waals surface area contributed by atoms with Gasteiger partial charge in [0.2, 0.25) is 15.9 Å². The number of hydrogen-bond acceptors (Lipinski definition) is 3. The van der Waals surface area contributed by atoms with Crippen LogP contribution in [0, 0.1) is 5.82 Å². The summed E-state index contributed by atoms with van der Waals surface area (Å²) in [5, 5.41) is 3.14. The zero-order valence-electron chi connectivity index (χ0n) is 15.9. The molecule has 7 heteroatoms. The highest BCUT2D eigenvalue weighted by Crippen LogP contribution is 2.41. The smallest absolute Gasteiger partial charge is 0.230 e. The van der Waals surface area contributed by atoms with Crippen LogP contribution in [0.2, 0.25) is 0 Å². The molecule has 0 radical (unpaired) electrons. The van der Waals surface area contributed by atoms with Crippen molar-refractivity contribution in [2.75, 3.05) is 18.8 Å². The standard InChI is InChI=1S/C20H29FN2O3S/c1-2-14-27(25,26)23-12-8-18(9-13-23)22-19(24)20(10-3-4-11-20)16-6-5-7-17(21)15-16/h5-7,15,18H,2-4,8-14H2,1H3,(H,22,24). The number of carbonyl (C=O) groups is 1. The number of halogens is 1. The fourth-order valence-corrected chi connectivity index (χ4v) is 5.94. The Morgan fingerprint density at radius 1 is 1.26 bits per heavy atom. The van der Waals surface area contributed by atoms with E-state index in [2.05, 4.69) is 5.32 Å². The van der Waals surface area contributed by atoms with E-state index < -0.39 is 15.4 Å². The topological polar surface area (TPSA) is 66.5 Å². The predicted molar refractivity (Wildman–Crippen MR) is 103 cm³/mol. The quantitative estimate of drug-likeness (QED) is 0.804. The third-order valence-electron chi connectivity index (χ3n) is 5.91. The van der Waals surface area contributed by atoms with Crippen LogP contribution < -0.4 is 5.32 Å². The van der Waals surface area contributed by atoms with Crippen molar-refractivity contribution in [3.8, 4) is 0 Å². The first-order chi connectivity index (χ1) is 12.9. The maximum Gasteiger partial charge on any atom is 0.230 e. The Morgan fingerprint density at radius 2 is 1.93 bits per heavy atom. The van der Waals surface area contributed by atoms with Gasteiger partial charge in [0.15, 0.2) is 0 Å². The molecule has 1 aliphatic carbocycles. The highest BCUT2D eigenvalue weighted by molar-refractivity contribution is 7.89. The highest BCUT2D eigenvalue weighted by Gasteiger charge is 2.43. The average Bonchev–Trinajstić information content (AvgIpc) is 3.13.